The van der Waals surface area contributed by atoms with Gasteiger partial charge in [-0.2, -0.15) is 0 Å². The SMILES string of the molecule is S=C1N[C@@H](c2ccccn2)[C@H](c2ccco2)N1Cc1cccnc1. The first-order valence-corrected chi connectivity index (χ1v) is 8.14. The summed E-state index contributed by atoms with van der Waals surface area (Å²) in [5.41, 5.74) is 2.04. The van der Waals surface area contributed by atoms with Crippen molar-refractivity contribution in [1.29, 1.82) is 0 Å². The number of pyridine rings is 2. The van der Waals surface area contributed by atoms with Crippen LogP contribution in [0, 0.1) is 0 Å². The van der Waals surface area contributed by atoms with Gasteiger partial charge in [-0.3, -0.25) is 9.97 Å². The minimum atomic E-state index is -0.0541. The maximum atomic E-state index is 5.70. The molecule has 0 unspecified atom stereocenters. The van der Waals surface area contributed by atoms with Gasteiger partial charge in [0.2, 0.25) is 0 Å². The smallest absolute Gasteiger partial charge is 0.170 e. The molecule has 1 aliphatic heterocycles. The van der Waals surface area contributed by atoms with E-state index in [1.165, 1.54) is 0 Å². The third kappa shape index (κ3) is 2.76. The molecule has 0 aliphatic carbocycles. The molecule has 0 bridgehead atoms. The van der Waals surface area contributed by atoms with E-state index in [4.69, 9.17) is 16.6 Å². The Morgan fingerprint density at radius 2 is 2.08 bits per heavy atom. The Hall–Kier alpha value is -2.73. The van der Waals surface area contributed by atoms with Crippen molar-refractivity contribution in [3.05, 3.63) is 84.3 Å². The Morgan fingerprint density at radius 3 is 2.79 bits per heavy atom. The fourth-order valence-electron chi connectivity index (χ4n) is 3.03. The van der Waals surface area contributed by atoms with Crippen molar-refractivity contribution in [2.45, 2.75) is 18.6 Å². The van der Waals surface area contributed by atoms with Gasteiger partial charge in [0.15, 0.2) is 5.11 Å². The molecule has 0 radical (unpaired) electrons. The van der Waals surface area contributed by atoms with Gasteiger partial charge in [-0.25, -0.2) is 0 Å². The van der Waals surface area contributed by atoms with Gasteiger partial charge in [-0.15, -0.1) is 0 Å². The first-order chi connectivity index (χ1) is 11.8. The van der Waals surface area contributed by atoms with Crippen molar-refractivity contribution in [2.24, 2.45) is 0 Å². The van der Waals surface area contributed by atoms with Gasteiger partial charge >= 0.3 is 0 Å². The largest absolute Gasteiger partial charge is 0.467 e. The highest BCUT2D eigenvalue weighted by atomic mass is 32.1. The van der Waals surface area contributed by atoms with Crippen molar-refractivity contribution in [2.75, 3.05) is 0 Å². The molecule has 6 heteroatoms. The second kappa shape index (κ2) is 6.41. The van der Waals surface area contributed by atoms with Crippen LogP contribution in [-0.4, -0.2) is 20.0 Å². The van der Waals surface area contributed by atoms with Crippen molar-refractivity contribution in [3.63, 3.8) is 0 Å². The summed E-state index contributed by atoms with van der Waals surface area (Å²) in [6, 6.07) is 13.6. The lowest BCUT2D eigenvalue weighted by Gasteiger charge is -2.25. The Kier molecular flexibility index (Phi) is 3.96. The van der Waals surface area contributed by atoms with E-state index < -0.39 is 0 Å². The average molecular weight is 336 g/mol. The topological polar surface area (TPSA) is 54.2 Å². The van der Waals surface area contributed by atoms with Gasteiger partial charge in [-0.05, 0) is 48.1 Å². The normalized spacial score (nSPS) is 20.2. The van der Waals surface area contributed by atoms with Crippen molar-refractivity contribution < 1.29 is 4.42 Å². The molecule has 4 heterocycles. The Morgan fingerprint density at radius 1 is 1.12 bits per heavy atom. The van der Waals surface area contributed by atoms with Crippen LogP contribution in [0.1, 0.15) is 29.1 Å². The lowest BCUT2D eigenvalue weighted by molar-refractivity contribution is 0.267. The summed E-state index contributed by atoms with van der Waals surface area (Å²) < 4.78 is 5.70. The van der Waals surface area contributed by atoms with Gasteiger partial charge < -0.3 is 14.6 Å². The quantitative estimate of drug-likeness (QED) is 0.738. The summed E-state index contributed by atoms with van der Waals surface area (Å²) in [5, 5.41) is 4.08. The molecule has 5 nitrogen and oxygen atoms in total. The van der Waals surface area contributed by atoms with Crippen LogP contribution in [0.3, 0.4) is 0 Å². The Bertz CT molecular complexity index is 808. The highest BCUT2D eigenvalue weighted by Crippen LogP contribution is 2.39. The minimum absolute atomic E-state index is 0.0531. The van der Waals surface area contributed by atoms with E-state index in [9.17, 15) is 0 Å². The molecule has 1 saturated heterocycles. The number of nitrogens with zero attached hydrogens (tertiary/aromatic N) is 3. The molecule has 0 aromatic carbocycles. The molecule has 3 aromatic rings. The van der Waals surface area contributed by atoms with Crippen molar-refractivity contribution in [3.8, 4) is 0 Å². The van der Waals surface area contributed by atoms with Crippen molar-refractivity contribution in [1.82, 2.24) is 20.2 Å². The van der Waals surface area contributed by atoms with E-state index in [0.29, 0.717) is 11.7 Å². The zero-order valence-electron chi connectivity index (χ0n) is 12.9. The number of hydrogen-bond donors (Lipinski definition) is 1. The molecule has 0 saturated carbocycles. The summed E-state index contributed by atoms with van der Waals surface area (Å²) in [6.07, 6.45) is 7.11. The van der Waals surface area contributed by atoms with E-state index in [-0.39, 0.29) is 12.1 Å². The molecule has 120 valence electrons. The predicted octanol–water partition coefficient (Wildman–Crippen LogP) is 3.24. The van der Waals surface area contributed by atoms with Crippen LogP contribution in [0.5, 0.6) is 0 Å². The number of thiocarbonyl (C=S) groups is 1. The van der Waals surface area contributed by atoms with Gasteiger partial charge in [-0.1, -0.05) is 12.1 Å². The molecule has 24 heavy (non-hydrogen) atoms. The first kappa shape index (κ1) is 14.8. The summed E-state index contributed by atoms with van der Waals surface area (Å²) in [7, 11) is 0. The van der Waals surface area contributed by atoms with Crippen LogP contribution >= 0.6 is 12.2 Å². The van der Waals surface area contributed by atoms with E-state index >= 15 is 0 Å². The highest BCUT2D eigenvalue weighted by Gasteiger charge is 2.41. The van der Waals surface area contributed by atoms with Gasteiger partial charge in [0.1, 0.15) is 11.8 Å². The second-order valence-electron chi connectivity index (χ2n) is 5.63. The van der Waals surface area contributed by atoms with Gasteiger partial charge in [0.05, 0.1) is 18.0 Å². The first-order valence-electron chi connectivity index (χ1n) is 7.73. The number of nitrogens with one attached hydrogen (secondary N) is 1. The summed E-state index contributed by atoms with van der Waals surface area (Å²) in [4.78, 5) is 10.8. The molecule has 2 atom stereocenters. The van der Waals surface area contributed by atoms with Gasteiger partial charge in [0, 0.05) is 25.1 Å². The fraction of sp³-hybridized carbons (Fsp3) is 0.167. The minimum Gasteiger partial charge on any atom is -0.467 e. The lowest BCUT2D eigenvalue weighted by atomic mass is 10.0. The van der Waals surface area contributed by atoms with Crippen LogP contribution in [-0.2, 0) is 6.54 Å². The molecule has 1 N–H and O–H groups in total. The van der Waals surface area contributed by atoms with Crippen LogP contribution in [0.15, 0.2) is 71.7 Å². The van der Waals surface area contributed by atoms with E-state index in [1.54, 1.807) is 18.7 Å². The Labute approximate surface area is 145 Å². The highest BCUT2D eigenvalue weighted by molar-refractivity contribution is 7.80. The standard InChI is InChI=1S/C18H16N4OS/c24-18-21-16(14-6-1-2-9-20-14)17(15-7-4-10-23-15)22(18)12-13-5-3-8-19-11-13/h1-11,16-17H,12H2,(H,21,24)/t16-,17-/m0/s1. The van der Waals surface area contributed by atoms with Crippen LogP contribution in [0.4, 0.5) is 0 Å². The Balaban J connectivity index is 1.71. The molecule has 1 aliphatic rings. The second-order valence-corrected chi connectivity index (χ2v) is 6.02. The van der Waals surface area contributed by atoms with E-state index in [0.717, 1.165) is 17.0 Å². The van der Waals surface area contributed by atoms with E-state index in [1.807, 2.05) is 48.7 Å². The zero-order valence-corrected chi connectivity index (χ0v) is 13.7. The molecular formula is C18H16N4OS. The molecule has 0 spiro atoms. The van der Waals surface area contributed by atoms with E-state index in [2.05, 4.69) is 20.2 Å². The molecule has 3 aromatic heterocycles. The number of aromatic nitrogens is 2. The lowest BCUT2D eigenvalue weighted by Crippen LogP contribution is -2.29. The number of hydrogen-bond acceptors (Lipinski definition) is 4. The summed E-state index contributed by atoms with van der Waals surface area (Å²) in [5.74, 6) is 0.863. The zero-order chi connectivity index (χ0) is 16.4. The maximum Gasteiger partial charge on any atom is 0.170 e. The maximum absolute atomic E-state index is 5.70. The average Bonchev–Trinajstić information content (AvgIpc) is 3.25. The summed E-state index contributed by atoms with van der Waals surface area (Å²) >= 11 is 5.59. The predicted molar refractivity (Wildman–Crippen MR) is 93.9 cm³/mol. The molecule has 1 fully saturated rings. The van der Waals surface area contributed by atoms with Crippen LogP contribution < -0.4 is 5.32 Å². The third-order valence-electron chi connectivity index (χ3n) is 4.11. The fourth-order valence-corrected chi connectivity index (χ4v) is 3.34. The third-order valence-corrected chi connectivity index (χ3v) is 4.46. The van der Waals surface area contributed by atoms with Gasteiger partial charge in [0.25, 0.3) is 0 Å². The number of rotatable bonds is 4. The molecular weight excluding hydrogens is 320 g/mol. The molecule has 4 rings (SSSR count). The monoisotopic (exact) mass is 336 g/mol. The summed E-state index contributed by atoms with van der Waals surface area (Å²) in [6.45, 7) is 0.661. The van der Waals surface area contributed by atoms with Crippen molar-refractivity contribution >= 4 is 17.3 Å². The van der Waals surface area contributed by atoms with Crippen LogP contribution in [0.2, 0.25) is 0 Å². The van der Waals surface area contributed by atoms with Crippen LogP contribution in [0.25, 0.3) is 0 Å². The molecule has 0 amide bonds. The number of furan rings is 1.